The van der Waals surface area contributed by atoms with Gasteiger partial charge in [-0.1, -0.05) is 43.3 Å². The van der Waals surface area contributed by atoms with E-state index in [2.05, 4.69) is 83.4 Å². The van der Waals surface area contributed by atoms with Gasteiger partial charge in [0.2, 0.25) is 0 Å². The Morgan fingerprint density at radius 1 is 0.917 bits per heavy atom. The van der Waals surface area contributed by atoms with Crippen molar-refractivity contribution in [2.24, 2.45) is 0 Å². The van der Waals surface area contributed by atoms with Crippen LogP contribution in [-0.4, -0.2) is 31.9 Å². The maximum absolute atomic E-state index is 5.13. The fourth-order valence-corrected chi connectivity index (χ4v) is 5.66. The molecule has 0 saturated carbocycles. The summed E-state index contributed by atoms with van der Waals surface area (Å²) >= 11 is 0. The molecule has 0 radical (unpaired) electrons. The van der Waals surface area contributed by atoms with Gasteiger partial charge in [0, 0.05) is 48.4 Å². The van der Waals surface area contributed by atoms with Crippen LogP contribution in [0.4, 0.5) is 0 Å². The first-order valence-electron chi connectivity index (χ1n) is 12.5. The third kappa shape index (κ3) is 3.55. The summed E-state index contributed by atoms with van der Waals surface area (Å²) < 4.78 is 0. The molecule has 4 heterocycles. The first-order valence-corrected chi connectivity index (χ1v) is 12.5. The number of hydrogen-bond acceptors (Lipinski definition) is 4. The molecule has 0 spiro atoms. The van der Waals surface area contributed by atoms with E-state index in [1.54, 1.807) is 0 Å². The smallest absolute Gasteiger partial charge is 0.138 e. The van der Waals surface area contributed by atoms with Gasteiger partial charge in [-0.05, 0) is 71.5 Å². The van der Waals surface area contributed by atoms with E-state index < -0.39 is 0 Å². The molecule has 1 aliphatic carbocycles. The normalized spacial score (nSPS) is 17.2. The van der Waals surface area contributed by atoms with E-state index in [9.17, 15) is 0 Å². The minimum Gasteiger partial charge on any atom is -0.338 e. The molecule has 176 valence electrons. The summed E-state index contributed by atoms with van der Waals surface area (Å²) in [6, 6.07) is 19.8. The number of aromatic nitrogens is 4. The van der Waals surface area contributed by atoms with Crippen LogP contribution in [0.5, 0.6) is 0 Å². The van der Waals surface area contributed by atoms with Crippen LogP contribution in [0, 0.1) is 0 Å². The number of nitrogens with zero attached hydrogens (tertiary/aromatic N) is 4. The van der Waals surface area contributed by atoms with Crippen LogP contribution in [0.25, 0.3) is 39.0 Å². The third-order valence-corrected chi connectivity index (χ3v) is 7.44. The zero-order valence-electron chi connectivity index (χ0n) is 20.5. The molecule has 3 aromatic heterocycles. The molecule has 36 heavy (non-hydrogen) atoms. The second kappa shape index (κ2) is 8.25. The number of hydrogen-bond donors (Lipinski definition) is 1. The molecule has 8 bridgehead atoms. The van der Waals surface area contributed by atoms with Gasteiger partial charge in [-0.25, -0.2) is 4.98 Å². The second-order valence-electron chi connectivity index (χ2n) is 10.2. The molecule has 0 unspecified atom stereocenters. The first-order chi connectivity index (χ1) is 17.6. The van der Waals surface area contributed by atoms with Gasteiger partial charge in [-0.3, -0.25) is 14.9 Å². The van der Waals surface area contributed by atoms with E-state index >= 15 is 0 Å². The van der Waals surface area contributed by atoms with Crippen molar-refractivity contribution >= 4 is 16.6 Å². The summed E-state index contributed by atoms with van der Waals surface area (Å²) in [7, 11) is 2.16. The highest BCUT2D eigenvalue weighted by Crippen LogP contribution is 2.40. The lowest BCUT2D eigenvalue weighted by atomic mass is 9.82. The number of benzene rings is 2. The van der Waals surface area contributed by atoms with Gasteiger partial charge >= 0.3 is 0 Å². The maximum Gasteiger partial charge on any atom is 0.138 e. The van der Waals surface area contributed by atoms with Crippen molar-refractivity contribution in [3.63, 3.8) is 0 Å². The van der Waals surface area contributed by atoms with Gasteiger partial charge in [0.25, 0.3) is 0 Å². The highest BCUT2D eigenvalue weighted by atomic mass is 15.1. The van der Waals surface area contributed by atoms with Gasteiger partial charge in [0.1, 0.15) is 11.3 Å². The van der Waals surface area contributed by atoms with Crippen LogP contribution in [-0.2, 0) is 13.1 Å². The molecule has 0 fully saturated rings. The third-order valence-electron chi connectivity index (χ3n) is 7.44. The fraction of sp³-hybridized carbons (Fsp3) is 0.194. The van der Waals surface area contributed by atoms with E-state index in [0.29, 0.717) is 5.92 Å². The molecule has 1 N–H and O–H groups in total. The van der Waals surface area contributed by atoms with Crippen molar-refractivity contribution in [3.8, 4) is 22.4 Å². The van der Waals surface area contributed by atoms with Crippen LogP contribution in [0.2, 0.25) is 0 Å². The lowest BCUT2D eigenvalue weighted by molar-refractivity contribution is 0.319. The SMILES string of the molecule is C[C@@H]1CC=C2c3nc4c(nccc4[nH]3)-c3cccc(c3)CN(C)Cc3cncc(c3)-c3ccc1c2c3. The molecular formula is C31H27N5. The molecule has 1 aliphatic heterocycles. The average Bonchev–Trinajstić information content (AvgIpc) is 3.33. The number of nitrogens with one attached hydrogen (secondary N) is 1. The Labute approximate surface area is 210 Å². The fourth-order valence-electron chi connectivity index (χ4n) is 5.66. The van der Waals surface area contributed by atoms with Crippen molar-refractivity contribution in [2.75, 3.05) is 7.05 Å². The predicted octanol–water partition coefficient (Wildman–Crippen LogP) is 6.57. The number of imidazole rings is 1. The molecule has 5 aromatic rings. The second-order valence-corrected chi connectivity index (χ2v) is 10.2. The van der Waals surface area contributed by atoms with Gasteiger partial charge in [-0.15, -0.1) is 0 Å². The van der Waals surface area contributed by atoms with Gasteiger partial charge in [-0.2, -0.15) is 0 Å². The Bertz CT molecular complexity index is 1660. The molecular weight excluding hydrogens is 442 g/mol. The van der Waals surface area contributed by atoms with Crippen molar-refractivity contribution < 1.29 is 0 Å². The minimum atomic E-state index is 0.467. The summed E-state index contributed by atoms with van der Waals surface area (Å²) in [6.45, 7) is 3.96. The van der Waals surface area contributed by atoms with Crippen molar-refractivity contribution in [1.82, 2.24) is 24.8 Å². The van der Waals surface area contributed by atoms with E-state index in [4.69, 9.17) is 9.97 Å². The van der Waals surface area contributed by atoms with Gasteiger partial charge < -0.3 is 4.98 Å². The Balaban J connectivity index is 1.49. The Morgan fingerprint density at radius 2 is 1.81 bits per heavy atom. The molecule has 0 amide bonds. The summed E-state index contributed by atoms with van der Waals surface area (Å²) in [6.07, 6.45) is 9.15. The van der Waals surface area contributed by atoms with Crippen molar-refractivity contribution in [3.05, 3.63) is 107 Å². The average molecular weight is 470 g/mol. The highest BCUT2D eigenvalue weighted by Gasteiger charge is 2.23. The Kier molecular flexibility index (Phi) is 4.86. The number of fused-ring (bicyclic) bond motifs is 9. The van der Waals surface area contributed by atoms with Crippen LogP contribution in [0.15, 0.2) is 79.3 Å². The maximum atomic E-state index is 5.13. The topological polar surface area (TPSA) is 57.7 Å². The van der Waals surface area contributed by atoms with Gasteiger partial charge in [0.05, 0.1) is 11.2 Å². The number of H-pyrrole nitrogens is 1. The lowest BCUT2D eigenvalue weighted by Crippen LogP contribution is -2.17. The number of aromatic amines is 1. The van der Waals surface area contributed by atoms with Crippen LogP contribution in [0.3, 0.4) is 0 Å². The largest absolute Gasteiger partial charge is 0.338 e. The zero-order valence-corrected chi connectivity index (χ0v) is 20.5. The number of allylic oxidation sites excluding steroid dienone is 1. The summed E-state index contributed by atoms with van der Waals surface area (Å²) in [5.74, 6) is 1.37. The predicted molar refractivity (Wildman–Crippen MR) is 144 cm³/mol. The Hall–Kier alpha value is -4.09. The summed E-state index contributed by atoms with van der Waals surface area (Å²) in [5, 5.41) is 0. The van der Waals surface area contributed by atoms with Crippen molar-refractivity contribution in [2.45, 2.75) is 32.4 Å². The molecule has 1 atom stereocenters. The molecule has 7 rings (SSSR count). The number of rotatable bonds is 0. The quantitative estimate of drug-likeness (QED) is 0.279. The molecule has 5 nitrogen and oxygen atoms in total. The highest BCUT2D eigenvalue weighted by molar-refractivity contribution is 5.93. The van der Waals surface area contributed by atoms with E-state index in [0.717, 1.165) is 58.8 Å². The monoisotopic (exact) mass is 469 g/mol. The standard InChI is InChI=1S/C31H27N5/c1-19-6-8-26-27-14-22(7-9-25(19)27)24-13-21(15-32-16-24)18-36(2)17-20-4-3-5-23(12-20)29-30-28(10-11-33-29)34-31(26)35-30/h3-5,7-16,19H,6,17-18H2,1-2H3,(H,34,35)/t19-/m1/s1. The van der Waals surface area contributed by atoms with Gasteiger partial charge in [0.15, 0.2) is 0 Å². The molecule has 5 heteroatoms. The minimum absolute atomic E-state index is 0.467. The van der Waals surface area contributed by atoms with E-state index in [1.165, 1.54) is 27.8 Å². The lowest BCUT2D eigenvalue weighted by Gasteiger charge is -2.23. The van der Waals surface area contributed by atoms with E-state index in [1.807, 2.05) is 24.7 Å². The molecule has 0 saturated heterocycles. The van der Waals surface area contributed by atoms with E-state index in [-0.39, 0.29) is 0 Å². The van der Waals surface area contributed by atoms with Crippen LogP contribution >= 0.6 is 0 Å². The zero-order chi connectivity index (χ0) is 24.2. The molecule has 2 aliphatic rings. The Morgan fingerprint density at radius 3 is 2.75 bits per heavy atom. The first kappa shape index (κ1) is 21.2. The molecule has 2 aromatic carbocycles. The van der Waals surface area contributed by atoms with Crippen molar-refractivity contribution in [1.29, 1.82) is 0 Å². The summed E-state index contributed by atoms with van der Waals surface area (Å²) in [5.41, 5.74) is 12.5. The van der Waals surface area contributed by atoms with Crippen LogP contribution in [0.1, 0.15) is 47.3 Å². The van der Waals surface area contributed by atoms with Crippen LogP contribution < -0.4 is 0 Å². The number of pyridine rings is 2. The summed E-state index contributed by atoms with van der Waals surface area (Å²) in [4.78, 5) is 20.4.